The van der Waals surface area contributed by atoms with Crippen molar-refractivity contribution in [3.8, 4) is 10.4 Å². The van der Waals surface area contributed by atoms with Crippen molar-refractivity contribution in [2.24, 2.45) is 0 Å². The highest BCUT2D eigenvalue weighted by Crippen LogP contribution is 2.36. The summed E-state index contributed by atoms with van der Waals surface area (Å²) in [5, 5.41) is 3.63. The first-order valence-corrected chi connectivity index (χ1v) is 9.86. The van der Waals surface area contributed by atoms with Crippen LogP contribution in [0.3, 0.4) is 0 Å². The van der Waals surface area contributed by atoms with Crippen LogP contribution in [-0.4, -0.2) is 41.9 Å². The third-order valence-electron chi connectivity index (χ3n) is 3.59. The highest BCUT2D eigenvalue weighted by Gasteiger charge is 2.12. The molecule has 3 rings (SSSR count). The maximum absolute atomic E-state index is 13.1. The lowest BCUT2D eigenvalue weighted by Crippen LogP contribution is -2.26. The van der Waals surface area contributed by atoms with Gasteiger partial charge in [0.25, 0.3) is 0 Å². The van der Waals surface area contributed by atoms with Crippen LogP contribution in [0.1, 0.15) is 6.42 Å². The van der Waals surface area contributed by atoms with Gasteiger partial charge in [-0.2, -0.15) is 0 Å². The fourth-order valence-corrected chi connectivity index (χ4v) is 4.35. The predicted molar refractivity (Wildman–Crippen MR) is 103 cm³/mol. The van der Waals surface area contributed by atoms with Gasteiger partial charge < -0.3 is 10.1 Å². The normalized spacial score (nSPS) is 11.0. The Labute approximate surface area is 159 Å². The summed E-state index contributed by atoms with van der Waals surface area (Å²) >= 11 is 2.93. The Morgan fingerprint density at radius 3 is 2.88 bits per heavy atom. The Morgan fingerprint density at radius 1 is 1.31 bits per heavy atom. The number of thioether (sulfide) groups is 1. The Kier molecular flexibility index (Phi) is 6.54. The molecule has 0 spiro atoms. The summed E-state index contributed by atoms with van der Waals surface area (Å²) in [6.07, 6.45) is 2.29. The number of nitrogens with zero attached hydrogens (tertiary/aromatic N) is 2. The van der Waals surface area contributed by atoms with E-state index >= 15 is 0 Å². The van der Waals surface area contributed by atoms with E-state index in [1.54, 1.807) is 30.6 Å². The molecule has 0 bridgehead atoms. The maximum atomic E-state index is 13.1. The molecule has 0 aliphatic carbocycles. The highest BCUT2D eigenvalue weighted by atomic mass is 32.2. The Morgan fingerprint density at radius 2 is 2.12 bits per heavy atom. The van der Waals surface area contributed by atoms with Gasteiger partial charge in [0.05, 0.1) is 16.0 Å². The molecule has 5 nitrogen and oxygen atoms in total. The number of aromatic nitrogens is 2. The molecule has 0 aliphatic rings. The van der Waals surface area contributed by atoms with Gasteiger partial charge in [-0.15, -0.1) is 11.3 Å². The van der Waals surface area contributed by atoms with Crippen molar-refractivity contribution in [1.29, 1.82) is 0 Å². The number of thiophene rings is 1. The molecule has 0 atom stereocenters. The van der Waals surface area contributed by atoms with Gasteiger partial charge in [-0.3, -0.25) is 4.79 Å². The molecule has 0 radical (unpaired) electrons. The second-order valence-electron chi connectivity index (χ2n) is 5.50. The van der Waals surface area contributed by atoms with Crippen molar-refractivity contribution < 1.29 is 13.9 Å². The topological polar surface area (TPSA) is 64.1 Å². The molecule has 0 fully saturated rings. The van der Waals surface area contributed by atoms with Gasteiger partial charge in [0, 0.05) is 25.1 Å². The molecule has 0 aliphatic heterocycles. The van der Waals surface area contributed by atoms with Crippen LogP contribution in [0.4, 0.5) is 4.39 Å². The molecule has 2 aromatic heterocycles. The summed E-state index contributed by atoms with van der Waals surface area (Å²) in [6, 6.07) is 8.33. The zero-order chi connectivity index (χ0) is 18.4. The lowest BCUT2D eigenvalue weighted by molar-refractivity contribution is -0.118. The molecule has 0 saturated carbocycles. The maximum Gasteiger partial charge on any atom is 0.230 e. The molecule has 0 unspecified atom stereocenters. The summed E-state index contributed by atoms with van der Waals surface area (Å²) in [6.45, 7) is 1.22. The minimum absolute atomic E-state index is 0.0341. The molecular weight excluding hydrogens is 373 g/mol. The first-order chi connectivity index (χ1) is 12.7. The van der Waals surface area contributed by atoms with E-state index in [0.717, 1.165) is 32.1 Å². The van der Waals surface area contributed by atoms with E-state index < -0.39 is 0 Å². The van der Waals surface area contributed by atoms with Crippen LogP contribution in [0.25, 0.3) is 20.7 Å². The predicted octanol–water partition coefficient (Wildman–Crippen LogP) is 3.74. The number of halogens is 1. The van der Waals surface area contributed by atoms with Gasteiger partial charge in [0.2, 0.25) is 5.91 Å². The SMILES string of the molecule is COCCCNC(=O)CSc1ncnc2cc(-c3ccc(F)cc3)sc12. The van der Waals surface area contributed by atoms with Crippen LogP contribution in [0, 0.1) is 5.82 Å². The molecular formula is C18H18FN3O2S2. The first kappa shape index (κ1) is 18.8. The highest BCUT2D eigenvalue weighted by molar-refractivity contribution is 8.00. The van der Waals surface area contributed by atoms with Crippen molar-refractivity contribution in [1.82, 2.24) is 15.3 Å². The number of methoxy groups -OCH3 is 1. The van der Waals surface area contributed by atoms with Crippen LogP contribution in [0.5, 0.6) is 0 Å². The van der Waals surface area contributed by atoms with Gasteiger partial charge in [-0.05, 0) is 30.2 Å². The van der Waals surface area contributed by atoms with E-state index in [4.69, 9.17) is 4.74 Å². The fourth-order valence-electron chi connectivity index (χ4n) is 2.32. The second kappa shape index (κ2) is 9.07. The van der Waals surface area contributed by atoms with Crippen molar-refractivity contribution in [2.75, 3.05) is 26.0 Å². The molecule has 26 heavy (non-hydrogen) atoms. The first-order valence-electron chi connectivity index (χ1n) is 8.06. The number of nitrogens with one attached hydrogen (secondary N) is 1. The largest absolute Gasteiger partial charge is 0.385 e. The summed E-state index contributed by atoms with van der Waals surface area (Å²) < 4.78 is 19.0. The number of benzene rings is 1. The molecule has 1 amide bonds. The van der Waals surface area contributed by atoms with Crippen molar-refractivity contribution in [3.05, 3.63) is 42.5 Å². The number of carbonyl (C=O) groups excluding carboxylic acids is 1. The number of fused-ring (bicyclic) bond motifs is 1. The lowest BCUT2D eigenvalue weighted by atomic mass is 10.2. The fraction of sp³-hybridized carbons (Fsp3) is 0.278. The van der Waals surface area contributed by atoms with Crippen molar-refractivity contribution >= 4 is 39.2 Å². The summed E-state index contributed by atoms with van der Waals surface area (Å²) in [7, 11) is 1.64. The lowest BCUT2D eigenvalue weighted by Gasteiger charge is -2.04. The number of hydrogen-bond donors (Lipinski definition) is 1. The quantitative estimate of drug-likeness (QED) is 0.360. The van der Waals surface area contributed by atoms with Crippen molar-refractivity contribution in [3.63, 3.8) is 0 Å². The van der Waals surface area contributed by atoms with E-state index in [-0.39, 0.29) is 11.7 Å². The average molecular weight is 391 g/mol. The summed E-state index contributed by atoms with van der Waals surface area (Å²) in [5.41, 5.74) is 1.76. The number of ether oxygens (including phenoxy) is 1. The van der Waals surface area contributed by atoms with E-state index in [0.29, 0.717) is 18.9 Å². The van der Waals surface area contributed by atoms with Gasteiger partial charge >= 0.3 is 0 Å². The Balaban J connectivity index is 1.69. The minimum atomic E-state index is -0.262. The van der Waals surface area contributed by atoms with Crippen LogP contribution < -0.4 is 5.32 Å². The van der Waals surface area contributed by atoms with Crippen LogP contribution >= 0.6 is 23.1 Å². The minimum Gasteiger partial charge on any atom is -0.385 e. The van der Waals surface area contributed by atoms with E-state index in [1.807, 2.05) is 6.07 Å². The van der Waals surface area contributed by atoms with E-state index in [1.165, 1.54) is 30.2 Å². The van der Waals surface area contributed by atoms with Crippen molar-refractivity contribution in [2.45, 2.75) is 11.4 Å². The van der Waals surface area contributed by atoms with Crippen LogP contribution in [0.2, 0.25) is 0 Å². The number of rotatable bonds is 8. The molecule has 8 heteroatoms. The molecule has 1 aromatic carbocycles. The molecule has 0 saturated heterocycles. The van der Waals surface area contributed by atoms with Gasteiger partial charge in [-0.25, -0.2) is 14.4 Å². The average Bonchev–Trinajstić information content (AvgIpc) is 3.09. The summed E-state index contributed by atoms with van der Waals surface area (Å²) in [5.74, 6) is -0.00123. The number of amides is 1. The Bertz CT molecular complexity index is 884. The van der Waals surface area contributed by atoms with Crippen LogP contribution in [-0.2, 0) is 9.53 Å². The monoisotopic (exact) mass is 391 g/mol. The van der Waals surface area contributed by atoms with E-state index in [2.05, 4.69) is 15.3 Å². The molecule has 1 N–H and O–H groups in total. The third kappa shape index (κ3) is 4.78. The molecule has 136 valence electrons. The Hall–Kier alpha value is -2.03. The number of carbonyl (C=O) groups is 1. The van der Waals surface area contributed by atoms with Crippen LogP contribution in [0.15, 0.2) is 41.7 Å². The zero-order valence-electron chi connectivity index (χ0n) is 14.2. The number of hydrogen-bond acceptors (Lipinski definition) is 6. The van der Waals surface area contributed by atoms with Gasteiger partial charge in [-0.1, -0.05) is 23.9 Å². The molecule has 3 aromatic rings. The van der Waals surface area contributed by atoms with Gasteiger partial charge in [0.1, 0.15) is 17.2 Å². The van der Waals surface area contributed by atoms with Gasteiger partial charge in [0.15, 0.2) is 0 Å². The summed E-state index contributed by atoms with van der Waals surface area (Å²) in [4.78, 5) is 21.5. The van der Waals surface area contributed by atoms with E-state index in [9.17, 15) is 9.18 Å². The molecule has 2 heterocycles. The zero-order valence-corrected chi connectivity index (χ0v) is 15.8. The standard InChI is InChI=1S/C18H18FN3O2S2/c1-24-8-2-7-20-16(23)10-25-18-17-14(21-11-22-18)9-15(26-17)12-3-5-13(19)6-4-12/h3-6,9,11H,2,7-8,10H2,1H3,(H,20,23). The smallest absolute Gasteiger partial charge is 0.230 e. The second-order valence-corrected chi connectivity index (χ2v) is 7.51. The third-order valence-corrected chi connectivity index (χ3v) is 5.89.